The van der Waals surface area contributed by atoms with Crippen LogP contribution in [0.2, 0.25) is 0 Å². The summed E-state index contributed by atoms with van der Waals surface area (Å²) in [7, 11) is 0. The third kappa shape index (κ3) is 3.63. The third-order valence-electron chi connectivity index (χ3n) is 6.67. The van der Waals surface area contributed by atoms with Crippen LogP contribution in [0.5, 0.6) is 0 Å². The van der Waals surface area contributed by atoms with Crippen LogP contribution < -0.4 is 0 Å². The van der Waals surface area contributed by atoms with Gasteiger partial charge in [-0.05, 0) is 48.3 Å². The monoisotopic (exact) mass is 363 g/mol. The van der Waals surface area contributed by atoms with Crippen LogP contribution in [0.15, 0.2) is 36.4 Å². The second-order valence-electron chi connectivity index (χ2n) is 8.91. The first-order valence-corrected chi connectivity index (χ1v) is 11.0. The predicted molar refractivity (Wildman–Crippen MR) is 111 cm³/mol. The molecular formula is C25H33NO. The van der Waals surface area contributed by atoms with Crippen molar-refractivity contribution in [3.63, 3.8) is 0 Å². The lowest BCUT2D eigenvalue weighted by Crippen LogP contribution is -2.20. The Morgan fingerprint density at radius 1 is 1.00 bits per heavy atom. The maximum Gasteiger partial charge on any atom is 0.183 e. The van der Waals surface area contributed by atoms with Crippen molar-refractivity contribution in [1.29, 1.82) is 0 Å². The van der Waals surface area contributed by atoms with Gasteiger partial charge in [0.25, 0.3) is 0 Å². The van der Waals surface area contributed by atoms with Crippen molar-refractivity contribution in [3.05, 3.63) is 58.9 Å². The van der Waals surface area contributed by atoms with Gasteiger partial charge in [-0.1, -0.05) is 76.3 Å². The molecule has 3 aliphatic rings. The van der Waals surface area contributed by atoms with Gasteiger partial charge in [-0.3, -0.25) is 4.79 Å². The van der Waals surface area contributed by atoms with E-state index in [0.717, 1.165) is 25.1 Å². The maximum atomic E-state index is 13.5. The molecule has 2 heteroatoms. The molecule has 0 saturated carbocycles. The smallest absolute Gasteiger partial charge is 0.183 e. The largest absolute Gasteiger partial charge is 0.338 e. The van der Waals surface area contributed by atoms with E-state index in [1.165, 1.54) is 55.3 Å². The first-order chi connectivity index (χ1) is 13.2. The minimum atomic E-state index is 0.201. The summed E-state index contributed by atoms with van der Waals surface area (Å²) in [6, 6.07) is 13.0. The lowest BCUT2D eigenvalue weighted by molar-refractivity contribution is 0.0893. The van der Waals surface area contributed by atoms with Gasteiger partial charge in [0.2, 0.25) is 0 Å². The SMILES string of the molecule is CC(C)[C@H]1c2cc3n(Cc4ccccc4)c2C(=O)[C@@H]1CCCCCCCC3. The summed E-state index contributed by atoms with van der Waals surface area (Å²) < 4.78 is 2.38. The van der Waals surface area contributed by atoms with Crippen LogP contribution in [0.4, 0.5) is 0 Å². The summed E-state index contributed by atoms with van der Waals surface area (Å²) in [6.45, 7) is 5.42. The van der Waals surface area contributed by atoms with E-state index in [1.54, 1.807) is 0 Å². The van der Waals surface area contributed by atoms with Crippen LogP contribution in [0, 0.1) is 11.8 Å². The van der Waals surface area contributed by atoms with Gasteiger partial charge in [-0.2, -0.15) is 0 Å². The first kappa shape index (κ1) is 18.5. The van der Waals surface area contributed by atoms with Crippen LogP contribution >= 0.6 is 0 Å². The number of rotatable bonds is 3. The Bertz CT molecular complexity index is 786. The van der Waals surface area contributed by atoms with Gasteiger partial charge in [0.05, 0.1) is 5.69 Å². The van der Waals surface area contributed by atoms with Crippen molar-refractivity contribution in [2.24, 2.45) is 11.8 Å². The van der Waals surface area contributed by atoms with Gasteiger partial charge in [-0.15, -0.1) is 0 Å². The van der Waals surface area contributed by atoms with Gasteiger partial charge in [0.1, 0.15) is 0 Å². The molecule has 144 valence electrons. The highest BCUT2D eigenvalue weighted by Crippen LogP contribution is 2.46. The molecule has 1 aliphatic heterocycles. The standard InChI is InChI=1S/C25H33NO/c1-18(2)23-21-15-11-6-4-3-5-10-14-20-16-22(23)24(25(21)27)26(20)17-19-12-8-7-9-13-19/h7-9,12-13,16,18,21,23H,3-6,10-11,14-15,17H2,1-2H3/t21-,23-/m1/s1. The summed E-state index contributed by atoms with van der Waals surface area (Å²) in [5.74, 6) is 1.55. The molecule has 4 bridgehead atoms. The van der Waals surface area contributed by atoms with E-state index < -0.39 is 0 Å². The van der Waals surface area contributed by atoms with Gasteiger partial charge in [0.15, 0.2) is 5.78 Å². The molecule has 27 heavy (non-hydrogen) atoms. The van der Waals surface area contributed by atoms with Crippen molar-refractivity contribution in [3.8, 4) is 0 Å². The highest BCUT2D eigenvalue weighted by atomic mass is 16.1. The van der Waals surface area contributed by atoms with Crippen LogP contribution in [0.1, 0.15) is 92.0 Å². The van der Waals surface area contributed by atoms with Crippen molar-refractivity contribution in [1.82, 2.24) is 4.57 Å². The Balaban J connectivity index is 1.77. The zero-order chi connectivity index (χ0) is 18.8. The zero-order valence-electron chi connectivity index (χ0n) is 16.9. The molecule has 0 unspecified atom stereocenters. The quantitative estimate of drug-likeness (QED) is 0.620. The molecule has 1 aromatic heterocycles. The number of fused-ring (bicyclic) bond motifs is 7. The van der Waals surface area contributed by atoms with Crippen LogP contribution in [-0.4, -0.2) is 10.4 Å². The number of aryl methyl sites for hydroxylation is 1. The number of ketones is 1. The topological polar surface area (TPSA) is 22.0 Å². The minimum absolute atomic E-state index is 0.201. The molecule has 0 fully saturated rings. The van der Waals surface area contributed by atoms with Crippen molar-refractivity contribution in [2.75, 3.05) is 0 Å². The van der Waals surface area contributed by atoms with E-state index in [4.69, 9.17) is 0 Å². The molecule has 2 aliphatic carbocycles. The average molecular weight is 364 g/mol. The number of Topliss-reactive ketones (excluding diaryl/α,β-unsaturated/α-hetero) is 1. The van der Waals surface area contributed by atoms with E-state index in [2.05, 4.69) is 54.8 Å². The Morgan fingerprint density at radius 3 is 2.44 bits per heavy atom. The molecule has 5 rings (SSSR count). The molecule has 0 radical (unpaired) electrons. The van der Waals surface area contributed by atoms with Crippen LogP contribution in [0.3, 0.4) is 0 Å². The van der Waals surface area contributed by atoms with Crippen LogP contribution in [0.25, 0.3) is 0 Å². The molecule has 0 saturated heterocycles. The van der Waals surface area contributed by atoms with E-state index in [9.17, 15) is 4.79 Å². The summed E-state index contributed by atoms with van der Waals surface area (Å²) in [5, 5.41) is 0. The Labute approximate surface area is 164 Å². The van der Waals surface area contributed by atoms with Crippen molar-refractivity contribution in [2.45, 2.75) is 77.7 Å². The van der Waals surface area contributed by atoms with Crippen LogP contribution in [-0.2, 0) is 13.0 Å². The Hall–Kier alpha value is -1.83. The normalized spacial score (nSPS) is 23.3. The first-order valence-electron chi connectivity index (χ1n) is 11.0. The second-order valence-corrected chi connectivity index (χ2v) is 8.91. The second kappa shape index (κ2) is 8.04. The summed E-state index contributed by atoms with van der Waals surface area (Å²) in [4.78, 5) is 13.5. The Morgan fingerprint density at radius 2 is 1.70 bits per heavy atom. The molecular weight excluding hydrogens is 330 g/mol. The van der Waals surface area contributed by atoms with E-state index in [0.29, 0.717) is 17.6 Å². The zero-order valence-corrected chi connectivity index (χ0v) is 16.9. The fourth-order valence-electron chi connectivity index (χ4n) is 5.38. The number of carbonyl (C=O) groups excluding carboxylic acids is 1. The van der Waals surface area contributed by atoms with Crippen molar-refractivity contribution < 1.29 is 4.79 Å². The third-order valence-corrected chi connectivity index (χ3v) is 6.67. The molecule has 0 amide bonds. The molecule has 2 nitrogen and oxygen atoms in total. The lowest BCUT2D eigenvalue weighted by Gasteiger charge is -2.23. The molecule has 2 atom stereocenters. The van der Waals surface area contributed by atoms with Crippen molar-refractivity contribution >= 4 is 5.78 Å². The van der Waals surface area contributed by atoms with Gasteiger partial charge < -0.3 is 4.57 Å². The van der Waals surface area contributed by atoms with E-state index in [-0.39, 0.29) is 5.92 Å². The van der Waals surface area contributed by atoms with E-state index >= 15 is 0 Å². The number of hydrogen-bond acceptors (Lipinski definition) is 1. The Kier molecular flexibility index (Phi) is 5.52. The highest BCUT2D eigenvalue weighted by Gasteiger charge is 2.43. The predicted octanol–water partition coefficient (Wildman–Crippen LogP) is 6.38. The number of carbonyl (C=O) groups is 1. The molecule has 2 heterocycles. The summed E-state index contributed by atoms with van der Waals surface area (Å²) >= 11 is 0. The number of hydrogen-bond donors (Lipinski definition) is 0. The number of benzene rings is 1. The number of aromatic nitrogens is 1. The molecule has 2 aromatic rings. The maximum absolute atomic E-state index is 13.5. The van der Waals surface area contributed by atoms with Gasteiger partial charge >= 0.3 is 0 Å². The number of nitrogens with zero attached hydrogens (tertiary/aromatic N) is 1. The summed E-state index contributed by atoms with van der Waals surface area (Å²) in [6.07, 6.45) is 9.87. The molecule has 0 N–H and O–H groups in total. The minimum Gasteiger partial charge on any atom is -0.338 e. The molecule has 1 aromatic carbocycles. The van der Waals surface area contributed by atoms with Gasteiger partial charge in [0, 0.05) is 18.2 Å². The lowest BCUT2D eigenvalue weighted by atomic mass is 9.80. The summed E-state index contributed by atoms with van der Waals surface area (Å²) in [5.41, 5.74) is 5.06. The van der Waals surface area contributed by atoms with E-state index in [1.807, 2.05) is 0 Å². The average Bonchev–Trinajstić information content (AvgIpc) is 3.14. The van der Waals surface area contributed by atoms with Gasteiger partial charge in [-0.25, -0.2) is 0 Å². The fraction of sp³-hybridized carbons (Fsp3) is 0.560. The fourth-order valence-corrected chi connectivity index (χ4v) is 5.38. The molecule has 0 spiro atoms. The highest BCUT2D eigenvalue weighted by molar-refractivity contribution is 6.02.